The van der Waals surface area contributed by atoms with E-state index in [0.29, 0.717) is 18.7 Å². The molecule has 1 saturated heterocycles. The molecular weight excluding hydrogens is 384 g/mol. The summed E-state index contributed by atoms with van der Waals surface area (Å²) in [4.78, 5) is 13.3. The lowest BCUT2D eigenvalue weighted by Crippen LogP contribution is -2.36. The molecule has 1 heterocycles. The van der Waals surface area contributed by atoms with Crippen molar-refractivity contribution < 1.29 is 13.2 Å². The lowest BCUT2D eigenvalue weighted by atomic mass is 9.95. The number of sulfonamides is 1. The highest BCUT2D eigenvalue weighted by Gasteiger charge is 2.27. The molecule has 0 radical (unpaired) electrons. The summed E-state index contributed by atoms with van der Waals surface area (Å²) < 4.78 is 27.6. The van der Waals surface area contributed by atoms with Crippen molar-refractivity contribution in [3.8, 4) is 0 Å². The fraction of sp³-hybridized carbons (Fsp3) is 0.435. The van der Waals surface area contributed by atoms with Crippen molar-refractivity contribution in [1.29, 1.82) is 0 Å². The Bertz CT molecular complexity index is 949. The highest BCUT2D eigenvalue weighted by molar-refractivity contribution is 7.89. The quantitative estimate of drug-likeness (QED) is 0.766. The number of carbonyl (C=O) groups is 1. The Morgan fingerprint density at radius 3 is 2.28 bits per heavy atom. The number of piperidine rings is 1. The Hall–Kier alpha value is -2.18. The third-order valence-corrected chi connectivity index (χ3v) is 7.41. The smallest absolute Gasteiger partial charge is 0.252 e. The van der Waals surface area contributed by atoms with Crippen LogP contribution >= 0.6 is 0 Å². The third kappa shape index (κ3) is 4.87. The first kappa shape index (κ1) is 21.5. The molecule has 29 heavy (non-hydrogen) atoms. The zero-order valence-electron chi connectivity index (χ0n) is 17.4. The van der Waals surface area contributed by atoms with Gasteiger partial charge in [-0.3, -0.25) is 4.79 Å². The first-order valence-electron chi connectivity index (χ1n) is 10.3. The van der Waals surface area contributed by atoms with E-state index in [-0.39, 0.29) is 22.8 Å². The molecule has 1 atom stereocenters. The van der Waals surface area contributed by atoms with Gasteiger partial charge in [-0.2, -0.15) is 4.31 Å². The van der Waals surface area contributed by atoms with Crippen LogP contribution in [0.4, 0.5) is 0 Å². The van der Waals surface area contributed by atoms with Crippen LogP contribution in [-0.4, -0.2) is 31.7 Å². The lowest BCUT2D eigenvalue weighted by molar-refractivity contribution is 0.0924. The van der Waals surface area contributed by atoms with Crippen LogP contribution in [0.2, 0.25) is 0 Å². The lowest BCUT2D eigenvalue weighted by Gasteiger charge is -2.26. The van der Waals surface area contributed by atoms with E-state index in [1.54, 1.807) is 12.1 Å². The molecule has 1 fully saturated rings. The SMILES string of the molecule is Cc1ccc(S(=O)(=O)N2CCCCC2)cc1C(=O)NC(c1ccccc1)C(C)C. The van der Waals surface area contributed by atoms with Crippen LogP contribution in [0, 0.1) is 12.8 Å². The van der Waals surface area contributed by atoms with Gasteiger partial charge in [0.05, 0.1) is 10.9 Å². The van der Waals surface area contributed by atoms with Crippen molar-refractivity contribution in [2.45, 2.75) is 51.0 Å². The van der Waals surface area contributed by atoms with Gasteiger partial charge < -0.3 is 5.32 Å². The summed E-state index contributed by atoms with van der Waals surface area (Å²) in [6.07, 6.45) is 2.82. The van der Waals surface area contributed by atoms with E-state index >= 15 is 0 Å². The maximum Gasteiger partial charge on any atom is 0.252 e. The van der Waals surface area contributed by atoms with Gasteiger partial charge in [-0.15, -0.1) is 0 Å². The number of aryl methyl sites for hydroxylation is 1. The van der Waals surface area contributed by atoms with Crippen molar-refractivity contribution in [3.63, 3.8) is 0 Å². The summed E-state index contributed by atoms with van der Waals surface area (Å²) in [6.45, 7) is 7.03. The zero-order valence-corrected chi connectivity index (χ0v) is 18.2. The Morgan fingerprint density at radius 2 is 1.66 bits per heavy atom. The fourth-order valence-corrected chi connectivity index (χ4v) is 5.32. The van der Waals surface area contributed by atoms with E-state index < -0.39 is 10.0 Å². The van der Waals surface area contributed by atoms with Crippen molar-refractivity contribution >= 4 is 15.9 Å². The molecular formula is C23H30N2O3S. The average Bonchev–Trinajstić information content (AvgIpc) is 2.73. The van der Waals surface area contributed by atoms with Gasteiger partial charge in [-0.1, -0.05) is 56.7 Å². The zero-order chi connectivity index (χ0) is 21.0. The summed E-state index contributed by atoms with van der Waals surface area (Å²) in [6, 6.07) is 14.5. The molecule has 1 aliphatic heterocycles. The largest absolute Gasteiger partial charge is 0.345 e. The molecule has 0 aliphatic carbocycles. The second-order valence-electron chi connectivity index (χ2n) is 8.05. The first-order valence-corrected chi connectivity index (χ1v) is 11.7. The summed E-state index contributed by atoms with van der Waals surface area (Å²) in [5.74, 6) is -0.0531. The van der Waals surface area contributed by atoms with Crippen molar-refractivity contribution in [1.82, 2.24) is 9.62 Å². The Morgan fingerprint density at radius 1 is 1.00 bits per heavy atom. The highest BCUT2D eigenvalue weighted by Crippen LogP contribution is 2.25. The van der Waals surface area contributed by atoms with E-state index in [9.17, 15) is 13.2 Å². The highest BCUT2D eigenvalue weighted by atomic mass is 32.2. The predicted molar refractivity (Wildman–Crippen MR) is 115 cm³/mol. The molecule has 0 saturated carbocycles. The first-order chi connectivity index (χ1) is 13.8. The molecule has 0 bridgehead atoms. The van der Waals surface area contributed by atoms with Crippen molar-refractivity contribution in [3.05, 3.63) is 65.2 Å². The molecule has 6 heteroatoms. The maximum atomic E-state index is 13.1. The van der Waals surface area contributed by atoms with E-state index in [0.717, 1.165) is 30.4 Å². The number of nitrogens with zero attached hydrogens (tertiary/aromatic N) is 1. The molecule has 0 aromatic heterocycles. The Kier molecular flexibility index (Phi) is 6.75. The maximum absolute atomic E-state index is 13.1. The third-order valence-electron chi connectivity index (χ3n) is 5.52. The van der Waals surface area contributed by atoms with Crippen LogP contribution in [0.15, 0.2) is 53.4 Å². The molecule has 1 amide bonds. The average molecular weight is 415 g/mol. The fourth-order valence-electron chi connectivity index (χ4n) is 3.77. The number of amides is 1. The number of nitrogens with one attached hydrogen (secondary N) is 1. The molecule has 2 aromatic carbocycles. The summed E-state index contributed by atoms with van der Waals surface area (Å²) in [5, 5.41) is 3.10. The minimum Gasteiger partial charge on any atom is -0.345 e. The summed E-state index contributed by atoms with van der Waals surface area (Å²) >= 11 is 0. The molecule has 0 spiro atoms. The monoisotopic (exact) mass is 414 g/mol. The number of rotatable bonds is 6. The molecule has 1 unspecified atom stereocenters. The number of hydrogen-bond acceptors (Lipinski definition) is 3. The predicted octanol–water partition coefficient (Wildman–Crippen LogP) is 4.30. The molecule has 1 aliphatic rings. The van der Waals surface area contributed by atoms with E-state index in [1.165, 1.54) is 10.4 Å². The van der Waals surface area contributed by atoms with Crippen molar-refractivity contribution in [2.75, 3.05) is 13.1 Å². The van der Waals surface area contributed by atoms with Gasteiger partial charge in [0.25, 0.3) is 5.91 Å². The van der Waals surface area contributed by atoms with Gasteiger partial charge in [0.1, 0.15) is 0 Å². The number of benzene rings is 2. The topological polar surface area (TPSA) is 66.5 Å². The molecule has 156 valence electrons. The minimum atomic E-state index is -3.58. The number of hydrogen-bond donors (Lipinski definition) is 1. The Labute approximate surface area is 174 Å². The van der Waals surface area contributed by atoms with Crippen LogP contribution in [0.5, 0.6) is 0 Å². The second kappa shape index (κ2) is 9.09. The van der Waals surface area contributed by atoms with Crippen LogP contribution in [0.3, 0.4) is 0 Å². The summed E-state index contributed by atoms with van der Waals surface area (Å²) in [5.41, 5.74) is 2.20. The standard InChI is InChI=1S/C23H30N2O3S/c1-17(2)22(19-10-6-4-7-11-19)24-23(26)21-16-20(13-12-18(21)3)29(27,28)25-14-8-5-9-15-25/h4,6-7,10-13,16-17,22H,5,8-9,14-15H2,1-3H3,(H,24,26). The van der Waals surface area contributed by atoms with Crippen LogP contribution in [-0.2, 0) is 10.0 Å². The summed E-state index contributed by atoms with van der Waals surface area (Å²) in [7, 11) is -3.58. The van der Waals surface area contributed by atoms with Gasteiger partial charge in [-0.05, 0) is 48.9 Å². The minimum absolute atomic E-state index is 0.148. The van der Waals surface area contributed by atoms with Crippen molar-refractivity contribution in [2.24, 2.45) is 5.92 Å². The van der Waals surface area contributed by atoms with E-state index in [2.05, 4.69) is 19.2 Å². The molecule has 5 nitrogen and oxygen atoms in total. The van der Waals surface area contributed by atoms with Gasteiger partial charge in [0.15, 0.2) is 0 Å². The number of carbonyl (C=O) groups excluding carboxylic acids is 1. The van der Waals surface area contributed by atoms with Gasteiger partial charge in [0, 0.05) is 18.7 Å². The van der Waals surface area contributed by atoms with Crippen LogP contribution in [0.25, 0.3) is 0 Å². The van der Waals surface area contributed by atoms with Gasteiger partial charge in [-0.25, -0.2) is 8.42 Å². The molecule has 2 aromatic rings. The van der Waals surface area contributed by atoms with Crippen LogP contribution in [0.1, 0.15) is 60.6 Å². The van der Waals surface area contributed by atoms with Crippen LogP contribution < -0.4 is 5.32 Å². The normalized spacial score (nSPS) is 16.6. The van der Waals surface area contributed by atoms with E-state index in [4.69, 9.17) is 0 Å². The molecule has 3 rings (SSSR count). The Balaban J connectivity index is 1.88. The van der Waals surface area contributed by atoms with Gasteiger partial charge >= 0.3 is 0 Å². The van der Waals surface area contributed by atoms with E-state index in [1.807, 2.05) is 37.3 Å². The second-order valence-corrected chi connectivity index (χ2v) is 9.99. The van der Waals surface area contributed by atoms with Gasteiger partial charge in [0.2, 0.25) is 10.0 Å². The molecule has 1 N–H and O–H groups in total.